The van der Waals surface area contributed by atoms with Crippen LogP contribution in [0.2, 0.25) is 0 Å². The van der Waals surface area contributed by atoms with E-state index in [1.54, 1.807) is 25.3 Å². The lowest BCUT2D eigenvalue weighted by Gasteiger charge is -2.14. The van der Waals surface area contributed by atoms with Crippen LogP contribution in [0, 0.1) is 0 Å². The Morgan fingerprint density at radius 1 is 1.35 bits per heavy atom. The minimum Gasteiger partial charge on any atom is -0.469 e. The molecule has 0 fully saturated rings. The molecule has 0 radical (unpaired) electrons. The Kier molecular flexibility index (Phi) is 4.82. The number of furan rings is 1. The third-order valence-electron chi connectivity index (χ3n) is 2.87. The van der Waals surface area contributed by atoms with Crippen LogP contribution in [-0.4, -0.2) is 18.6 Å². The molecule has 0 saturated carbocycles. The summed E-state index contributed by atoms with van der Waals surface area (Å²) < 4.78 is 10.3. The third-order valence-corrected chi connectivity index (χ3v) is 2.87. The standard InChI is InChI=1S/C16H19NO3/c1-3-19-16(18)13-6-4-7-14(11-13)17-12(2)10-15-8-5-9-20-15/h4-9,11-12,17H,3,10H2,1-2H3. The molecule has 1 aromatic carbocycles. The number of esters is 1. The summed E-state index contributed by atoms with van der Waals surface area (Å²) >= 11 is 0. The van der Waals surface area contributed by atoms with Gasteiger partial charge in [0.2, 0.25) is 0 Å². The van der Waals surface area contributed by atoms with Gasteiger partial charge in [-0.2, -0.15) is 0 Å². The average molecular weight is 273 g/mol. The Morgan fingerprint density at radius 3 is 2.90 bits per heavy atom. The second-order valence-electron chi connectivity index (χ2n) is 4.63. The lowest BCUT2D eigenvalue weighted by Crippen LogP contribution is -2.18. The van der Waals surface area contributed by atoms with Gasteiger partial charge in [0.1, 0.15) is 5.76 Å². The highest BCUT2D eigenvalue weighted by Crippen LogP contribution is 2.14. The van der Waals surface area contributed by atoms with Crippen molar-refractivity contribution < 1.29 is 13.9 Å². The number of ether oxygens (including phenoxy) is 1. The van der Waals surface area contributed by atoms with Crippen LogP contribution in [0.25, 0.3) is 0 Å². The van der Waals surface area contributed by atoms with E-state index in [2.05, 4.69) is 12.2 Å². The molecule has 0 aliphatic carbocycles. The highest BCUT2D eigenvalue weighted by molar-refractivity contribution is 5.90. The van der Waals surface area contributed by atoms with Gasteiger partial charge in [0, 0.05) is 18.2 Å². The predicted molar refractivity (Wildman–Crippen MR) is 77.9 cm³/mol. The van der Waals surface area contributed by atoms with Crippen LogP contribution < -0.4 is 5.32 Å². The van der Waals surface area contributed by atoms with E-state index in [-0.39, 0.29) is 12.0 Å². The Balaban J connectivity index is 1.98. The van der Waals surface area contributed by atoms with Gasteiger partial charge in [0.15, 0.2) is 0 Å². The second kappa shape index (κ2) is 6.80. The van der Waals surface area contributed by atoms with Gasteiger partial charge in [0.05, 0.1) is 18.4 Å². The largest absolute Gasteiger partial charge is 0.469 e. The molecule has 0 bridgehead atoms. The molecule has 4 nitrogen and oxygen atoms in total. The number of carbonyl (C=O) groups is 1. The van der Waals surface area contributed by atoms with Crippen LogP contribution in [-0.2, 0) is 11.2 Å². The van der Waals surface area contributed by atoms with Crippen LogP contribution in [0.1, 0.15) is 30.0 Å². The maximum absolute atomic E-state index is 11.7. The Labute approximate surface area is 118 Å². The average Bonchev–Trinajstić information content (AvgIpc) is 2.92. The van der Waals surface area contributed by atoms with Crippen LogP contribution in [0.4, 0.5) is 5.69 Å². The van der Waals surface area contributed by atoms with E-state index in [4.69, 9.17) is 9.15 Å². The zero-order valence-electron chi connectivity index (χ0n) is 11.8. The van der Waals surface area contributed by atoms with Crippen molar-refractivity contribution in [3.05, 3.63) is 54.0 Å². The molecule has 1 atom stereocenters. The van der Waals surface area contributed by atoms with Crippen molar-refractivity contribution in [3.63, 3.8) is 0 Å². The van der Waals surface area contributed by atoms with E-state index >= 15 is 0 Å². The SMILES string of the molecule is CCOC(=O)c1cccc(NC(C)Cc2ccco2)c1. The first-order chi connectivity index (χ1) is 9.69. The molecule has 4 heteroatoms. The molecule has 0 amide bonds. The predicted octanol–water partition coefficient (Wildman–Crippen LogP) is 3.50. The topological polar surface area (TPSA) is 51.5 Å². The first-order valence-corrected chi connectivity index (χ1v) is 6.75. The molecule has 20 heavy (non-hydrogen) atoms. The Morgan fingerprint density at radius 2 is 2.20 bits per heavy atom. The van der Waals surface area contributed by atoms with E-state index in [9.17, 15) is 4.79 Å². The van der Waals surface area contributed by atoms with Crippen LogP contribution >= 0.6 is 0 Å². The fourth-order valence-corrected chi connectivity index (χ4v) is 2.02. The van der Waals surface area contributed by atoms with Crippen molar-refractivity contribution in [2.75, 3.05) is 11.9 Å². The molecule has 2 aromatic rings. The van der Waals surface area contributed by atoms with Crippen molar-refractivity contribution in [2.24, 2.45) is 0 Å². The Bertz CT molecular complexity index is 549. The van der Waals surface area contributed by atoms with Gasteiger partial charge in [-0.1, -0.05) is 6.07 Å². The quantitative estimate of drug-likeness (QED) is 0.818. The van der Waals surface area contributed by atoms with Crippen LogP contribution in [0.5, 0.6) is 0 Å². The van der Waals surface area contributed by atoms with Gasteiger partial charge in [0.25, 0.3) is 0 Å². The maximum atomic E-state index is 11.7. The fourth-order valence-electron chi connectivity index (χ4n) is 2.02. The van der Waals surface area contributed by atoms with Gasteiger partial charge in [-0.15, -0.1) is 0 Å². The molecule has 1 unspecified atom stereocenters. The lowest BCUT2D eigenvalue weighted by atomic mass is 10.1. The highest BCUT2D eigenvalue weighted by Gasteiger charge is 2.09. The molecule has 0 aliphatic rings. The number of nitrogens with one attached hydrogen (secondary N) is 1. The molecule has 1 aromatic heterocycles. The summed E-state index contributed by atoms with van der Waals surface area (Å²) in [6.07, 6.45) is 2.46. The summed E-state index contributed by atoms with van der Waals surface area (Å²) in [6.45, 7) is 4.25. The fraction of sp³-hybridized carbons (Fsp3) is 0.312. The molecular formula is C16H19NO3. The zero-order valence-corrected chi connectivity index (χ0v) is 11.8. The minimum absolute atomic E-state index is 0.207. The van der Waals surface area contributed by atoms with Crippen LogP contribution in [0.3, 0.4) is 0 Å². The molecule has 1 N–H and O–H groups in total. The van der Waals surface area contributed by atoms with E-state index in [0.29, 0.717) is 12.2 Å². The summed E-state index contributed by atoms with van der Waals surface area (Å²) in [5.41, 5.74) is 1.46. The smallest absolute Gasteiger partial charge is 0.338 e. The van der Waals surface area contributed by atoms with Crippen molar-refractivity contribution in [1.82, 2.24) is 0 Å². The normalized spacial score (nSPS) is 11.9. The van der Waals surface area contributed by atoms with Crippen LogP contribution in [0.15, 0.2) is 47.1 Å². The molecule has 2 rings (SSSR count). The number of anilines is 1. The summed E-state index contributed by atoms with van der Waals surface area (Å²) in [7, 11) is 0. The first-order valence-electron chi connectivity index (χ1n) is 6.75. The molecule has 0 saturated heterocycles. The summed E-state index contributed by atoms with van der Waals surface area (Å²) in [4.78, 5) is 11.7. The van der Waals surface area contributed by atoms with E-state index in [0.717, 1.165) is 17.9 Å². The van der Waals surface area contributed by atoms with Gasteiger partial charge in [-0.05, 0) is 44.2 Å². The first kappa shape index (κ1) is 14.2. The number of hydrogen-bond acceptors (Lipinski definition) is 4. The van der Waals surface area contributed by atoms with Crippen molar-refractivity contribution in [1.29, 1.82) is 0 Å². The van der Waals surface area contributed by atoms with E-state index in [1.807, 2.05) is 24.3 Å². The summed E-state index contributed by atoms with van der Waals surface area (Å²) in [6, 6.07) is 11.4. The van der Waals surface area contributed by atoms with Crippen molar-refractivity contribution in [3.8, 4) is 0 Å². The monoisotopic (exact) mass is 273 g/mol. The number of carbonyl (C=O) groups excluding carboxylic acids is 1. The molecule has 0 aliphatic heterocycles. The summed E-state index contributed by atoms with van der Waals surface area (Å²) in [5.74, 6) is 0.640. The van der Waals surface area contributed by atoms with Crippen molar-refractivity contribution in [2.45, 2.75) is 26.3 Å². The van der Waals surface area contributed by atoms with Gasteiger partial charge < -0.3 is 14.5 Å². The van der Waals surface area contributed by atoms with Gasteiger partial charge >= 0.3 is 5.97 Å². The minimum atomic E-state index is -0.296. The molecular weight excluding hydrogens is 254 g/mol. The molecule has 0 spiro atoms. The highest BCUT2D eigenvalue weighted by atomic mass is 16.5. The zero-order chi connectivity index (χ0) is 14.4. The maximum Gasteiger partial charge on any atom is 0.338 e. The van der Waals surface area contributed by atoms with E-state index in [1.165, 1.54) is 0 Å². The number of benzene rings is 1. The summed E-state index contributed by atoms with van der Waals surface area (Å²) in [5, 5.41) is 3.35. The third kappa shape index (κ3) is 3.88. The molecule has 1 heterocycles. The van der Waals surface area contributed by atoms with Gasteiger partial charge in [-0.25, -0.2) is 4.79 Å². The second-order valence-corrected chi connectivity index (χ2v) is 4.63. The molecule has 106 valence electrons. The lowest BCUT2D eigenvalue weighted by molar-refractivity contribution is 0.0526. The van der Waals surface area contributed by atoms with Gasteiger partial charge in [-0.3, -0.25) is 0 Å². The van der Waals surface area contributed by atoms with Crippen molar-refractivity contribution >= 4 is 11.7 Å². The number of hydrogen-bond donors (Lipinski definition) is 1. The number of rotatable bonds is 6. The Hall–Kier alpha value is -2.23. The van der Waals surface area contributed by atoms with E-state index < -0.39 is 0 Å².